The quantitative estimate of drug-likeness (QED) is 0.919. The Balaban J connectivity index is 1.95. The zero-order chi connectivity index (χ0) is 13.7. The molecule has 1 N–H and O–H groups in total. The van der Waals surface area contributed by atoms with Crippen LogP contribution in [0.2, 0.25) is 0 Å². The first-order valence-electron chi connectivity index (χ1n) is 5.80. The number of carbonyl (C=O) groups is 1. The number of carbonyl (C=O) groups excluding carboxylic acids is 1. The highest BCUT2D eigenvalue weighted by Crippen LogP contribution is 2.16. The van der Waals surface area contributed by atoms with Crippen molar-refractivity contribution >= 4 is 21.8 Å². The van der Waals surface area contributed by atoms with E-state index in [-0.39, 0.29) is 12.0 Å². The van der Waals surface area contributed by atoms with Gasteiger partial charge in [-0.2, -0.15) is 0 Å². The Labute approximate surface area is 119 Å². The molecule has 0 aliphatic heterocycles. The van der Waals surface area contributed by atoms with Crippen molar-refractivity contribution in [2.75, 3.05) is 13.7 Å². The number of hydrogen-bond acceptors (Lipinski definition) is 3. The lowest BCUT2D eigenvalue weighted by molar-refractivity contribution is 0.0827. The van der Waals surface area contributed by atoms with Crippen LogP contribution < -0.4 is 5.32 Å². The molecule has 1 aromatic carbocycles. The van der Waals surface area contributed by atoms with E-state index in [9.17, 15) is 4.79 Å². The number of rotatable bonds is 5. The van der Waals surface area contributed by atoms with Crippen molar-refractivity contribution in [1.29, 1.82) is 0 Å². The van der Waals surface area contributed by atoms with E-state index >= 15 is 0 Å². The van der Waals surface area contributed by atoms with E-state index in [1.807, 2.05) is 30.3 Å². The molecule has 0 aliphatic rings. The maximum atomic E-state index is 11.9. The van der Waals surface area contributed by atoms with Gasteiger partial charge >= 0.3 is 0 Å². The van der Waals surface area contributed by atoms with Crippen LogP contribution in [0.15, 0.2) is 51.7 Å². The monoisotopic (exact) mass is 323 g/mol. The van der Waals surface area contributed by atoms with Gasteiger partial charge in [0.05, 0.1) is 11.7 Å². The minimum Gasteiger partial charge on any atom is -0.457 e. The number of amides is 1. The number of benzene rings is 1. The fourth-order valence-corrected chi connectivity index (χ4v) is 2.06. The maximum Gasteiger partial charge on any atom is 0.254 e. The Morgan fingerprint density at radius 3 is 2.74 bits per heavy atom. The van der Waals surface area contributed by atoms with E-state index in [4.69, 9.17) is 9.15 Å². The lowest BCUT2D eigenvalue weighted by atomic mass is 10.1. The SMILES string of the molecule is COC(CNC(=O)c1coc(Br)c1)c1ccccc1. The molecule has 1 aromatic heterocycles. The van der Waals surface area contributed by atoms with Gasteiger partial charge < -0.3 is 14.5 Å². The number of methoxy groups -OCH3 is 1. The van der Waals surface area contributed by atoms with E-state index in [0.717, 1.165) is 5.56 Å². The van der Waals surface area contributed by atoms with Crippen LogP contribution in [0.4, 0.5) is 0 Å². The molecule has 1 unspecified atom stereocenters. The maximum absolute atomic E-state index is 11.9. The van der Waals surface area contributed by atoms with Crippen LogP contribution in [-0.2, 0) is 4.74 Å². The van der Waals surface area contributed by atoms with Gasteiger partial charge in [0.2, 0.25) is 0 Å². The molecule has 2 aromatic rings. The second-order valence-corrected chi connectivity index (χ2v) is 4.77. The van der Waals surface area contributed by atoms with Gasteiger partial charge in [0.15, 0.2) is 4.67 Å². The second kappa shape index (κ2) is 6.54. The standard InChI is InChI=1S/C14H14BrNO3/c1-18-12(10-5-3-2-4-6-10)8-16-14(17)11-7-13(15)19-9-11/h2-7,9,12H,8H2,1H3,(H,16,17). The normalized spacial score (nSPS) is 12.1. The zero-order valence-corrected chi connectivity index (χ0v) is 12.0. The summed E-state index contributed by atoms with van der Waals surface area (Å²) in [5.41, 5.74) is 1.51. The van der Waals surface area contributed by atoms with Gasteiger partial charge in [-0.05, 0) is 21.5 Å². The summed E-state index contributed by atoms with van der Waals surface area (Å²) in [6.45, 7) is 0.405. The first-order valence-corrected chi connectivity index (χ1v) is 6.60. The van der Waals surface area contributed by atoms with Crippen molar-refractivity contribution in [3.63, 3.8) is 0 Å². The van der Waals surface area contributed by atoms with Crippen LogP contribution >= 0.6 is 15.9 Å². The Bertz CT molecular complexity index is 539. The average Bonchev–Trinajstić information content (AvgIpc) is 2.87. The predicted octanol–water partition coefficient (Wildman–Crippen LogP) is 3.16. The van der Waals surface area contributed by atoms with Crippen molar-refractivity contribution in [2.45, 2.75) is 6.10 Å². The molecule has 0 spiro atoms. The number of hydrogen-bond donors (Lipinski definition) is 1. The fourth-order valence-electron chi connectivity index (χ4n) is 1.72. The molecule has 4 nitrogen and oxygen atoms in total. The first-order chi connectivity index (χ1) is 9.20. The van der Waals surface area contributed by atoms with Gasteiger partial charge in [0.25, 0.3) is 5.91 Å². The Morgan fingerprint density at radius 1 is 1.42 bits per heavy atom. The Kier molecular flexibility index (Phi) is 4.76. The molecule has 0 bridgehead atoms. The van der Waals surface area contributed by atoms with Gasteiger partial charge in [0.1, 0.15) is 6.26 Å². The van der Waals surface area contributed by atoms with Crippen molar-refractivity contribution in [3.05, 3.63) is 58.5 Å². The van der Waals surface area contributed by atoms with Crippen molar-refractivity contribution in [3.8, 4) is 0 Å². The molecule has 19 heavy (non-hydrogen) atoms. The number of nitrogens with one attached hydrogen (secondary N) is 1. The van der Waals surface area contributed by atoms with Crippen LogP contribution in [-0.4, -0.2) is 19.6 Å². The third-order valence-corrected chi connectivity index (χ3v) is 3.15. The third kappa shape index (κ3) is 3.68. The Hall–Kier alpha value is -1.59. The molecule has 0 aliphatic carbocycles. The van der Waals surface area contributed by atoms with E-state index in [2.05, 4.69) is 21.2 Å². The van der Waals surface area contributed by atoms with Gasteiger partial charge in [0, 0.05) is 19.7 Å². The minimum absolute atomic E-state index is 0.166. The molecule has 1 heterocycles. The highest BCUT2D eigenvalue weighted by Gasteiger charge is 2.14. The smallest absolute Gasteiger partial charge is 0.254 e. The number of halogens is 1. The molecular formula is C14H14BrNO3. The van der Waals surface area contributed by atoms with Gasteiger partial charge in [-0.1, -0.05) is 30.3 Å². The highest BCUT2D eigenvalue weighted by molar-refractivity contribution is 9.10. The summed E-state index contributed by atoms with van der Waals surface area (Å²) in [5.74, 6) is -0.188. The topological polar surface area (TPSA) is 51.5 Å². The minimum atomic E-state index is -0.188. The lowest BCUT2D eigenvalue weighted by Crippen LogP contribution is -2.28. The summed E-state index contributed by atoms with van der Waals surface area (Å²) >= 11 is 3.16. The van der Waals surface area contributed by atoms with E-state index in [0.29, 0.717) is 16.8 Å². The summed E-state index contributed by atoms with van der Waals surface area (Å²) in [4.78, 5) is 11.9. The van der Waals surface area contributed by atoms with Crippen molar-refractivity contribution in [2.24, 2.45) is 0 Å². The van der Waals surface area contributed by atoms with E-state index in [1.54, 1.807) is 13.2 Å². The summed E-state index contributed by atoms with van der Waals surface area (Å²) in [6.07, 6.45) is 1.24. The molecule has 0 saturated heterocycles. The highest BCUT2D eigenvalue weighted by atomic mass is 79.9. The predicted molar refractivity (Wildman–Crippen MR) is 74.9 cm³/mol. The molecule has 0 radical (unpaired) electrons. The molecule has 100 valence electrons. The van der Waals surface area contributed by atoms with Gasteiger partial charge in [-0.25, -0.2) is 0 Å². The molecule has 5 heteroatoms. The van der Waals surface area contributed by atoms with Gasteiger partial charge in [-0.3, -0.25) is 4.79 Å². The Morgan fingerprint density at radius 2 is 2.16 bits per heavy atom. The molecule has 0 saturated carbocycles. The summed E-state index contributed by atoms with van der Waals surface area (Å²) in [5, 5.41) is 2.82. The van der Waals surface area contributed by atoms with Crippen LogP contribution in [0.3, 0.4) is 0 Å². The van der Waals surface area contributed by atoms with Crippen molar-refractivity contribution < 1.29 is 13.9 Å². The van der Waals surface area contributed by atoms with E-state index in [1.165, 1.54) is 6.26 Å². The first kappa shape index (κ1) is 13.8. The van der Waals surface area contributed by atoms with Crippen molar-refractivity contribution in [1.82, 2.24) is 5.32 Å². The second-order valence-electron chi connectivity index (χ2n) is 3.98. The number of ether oxygens (including phenoxy) is 1. The summed E-state index contributed by atoms with van der Waals surface area (Å²) < 4.78 is 10.9. The van der Waals surface area contributed by atoms with Crippen LogP contribution in [0.25, 0.3) is 0 Å². The average molecular weight is 324 g/mol. The molecule has 2 rings (SSSR count). The van der Waals surface area contributed by atoms with Crippen LogP contribution in [0.5, 0.6) is 0 Å². The molecular weight excluding hydrogens is 310 g/mol. The molecule has 1 atom stereocenters. The third-order valence-electron chi connectivity index (χ3n) is 2.73. The summed E-state index contributed by atoms with van der Waals surface area (Å²) in [6, 6.07) is 11.4. The fraction of sp³-hybridized carbons (Fsp3) is 0.214. The van der Waals surface area contributed by atoms with Gasteiger partial charge in [-0.15, -0.1) is 0 Å². The largest absolute Gasteiger partial charge is 0.457 e. The van der Waals surface area contributed by atoms with Crippen LogP contribution in [0.1, 0.15) is 22.0 Å². The van der Waals surface area contributed by atoms with E-state index < -0.39 is 0 Å². The van der Waals surface area contributed by atoms with Crippen LogP contribution in [0, 0.1) is 0 Å². The number of furan rings is 1. The molecule has 1 amide bonds. The molecule has 0 fully saturated rings. The summed E-state index contributed by atoms with van der Waals surface area (Å²) in [7, 11) is 1.62. The lowest BCUT2D eigenvalue weighted by Gasteiger charge is -2.16. The zero-order valence-electron chi connectivity index (χ0n) is 10.4.